The molecule has 0 bridgehead atoms. The van der Waals surface area contributed by atoms with Gasteiger partial charge >= 0.3 is 18.4 Å². The minimum atomic E-state index is -4.71. The van der Waals surface area contributed by atoms with Crippen LogP contribution in [-0.4, -0.2) is 47.0 Å². The van der Waals surface area contributed by atoms with Crippen LogP contribution in [0.4, 0.5) is 28.7 Å². The summed E-state index contributed by atoms with van der Waals surface area (Å²) in [5.74, 6) is -0.314. The molecule has 0 saturated heterocycles. The van der Waals surface area contributed by atoms with Crippen molar-refractivity contribution in [1.82, 2.24) is 9.97 Å². The lowest BCUT2D eigenvalue weighted by Gasteiger charge is -2.27. The Hall–Kier alpha value is -3.41. The van der Waals surface area contributed by atoms with Crippen LogP contribution in [0.2, 0.25) is 0 Å². The van der Waals surface area contributed by atoms with Crippen LogP contribution in [-0.2, 0) is 15.7 Å². The number of anilines is 1. The van der Waals surface area contributed by atoms with Crippen LogP contribution >= 0.6 is 0 Å². The van der Waals surface area contributed by atoms with Crippen molar-refractivity contribution in [1.29, 1.82) is 0 Å². The topological polar surface area (TPSA) is 117 Å². The fourth-order valence-electron chi connectivity index (χ4n) is 3.43. The molecule has 1 atom stereocenters. The van der Waals surface area contributed by atoms with E-state index >= 15 is 0 Å². The van der Waals surface area contributed by atoms with E-state index in [0.29, 0.717) is 6.42 Å². The van der Waals surface area contributed by atoms with Crippen molar-refractivity contribution in [3.05, 3.63) is 36.0 Å². The second kappa shape index (κ2) is 11.3. The maximum atomic E-state index is 13.9. The summed E-state index contributed by atoms with van der Waals surface area (Å²) in [5.41, 5.74) is 3.70. The van der Waals surface area contributed by atoms with Crippen LogP contribution in [0.1, 0.15) is 53.5 Å². The Kier molecular flexibility index (Phi) is 9.13. The number of nitrogens with two attached hydrogens (primary N) is 1. The molecule has 12 heteroatoms. The standard InChI is InChI=1S/C25H33F3N4O5/c1-15(2)13-24(6,29)14-35-19-9-8-16(12-17(19)25(26,27)28)18-10-11-30-20(31-18)32(7)21(33)36-22(34)37-23(3,4)5/h8-12,15H,13-14,29H2,1-7H3. The van der Waals surface area contributed by atoms with Gasteiger partial charge in [-0.25, -0.2) is 24.5 Å². The van der Waals surface area contributed by atoms with E-state index in [0.717, 1.165) is 11.0 Å². The lowest BCUT2D eigenvalue weighted by Crippen LogP contribution is -2.43. The summed E-state index contributed by atoms with van der Waals surface area (Å²) in [6.07, 6.45) is -5.22. The smallest absolute Gasteiger partial charge is 0.491 e. The Morgan fingerprint density at radius 1 is 1.11 bits per heavy atom. The van der Waals surface area contributed by atoms with E-state index in [-0.39, 0.29) is 35.5 Å². The minimum absolute atomic E-state index is 0.0995. The number of carbonyl (C=O) groups is 2. The first kappa shape index (κ1) is 29.8. The number of benzene rings is 1. The normalized spacial score (nSPS) is 13.6. The first-order valence-electron chi connectivity index (χ1n) is 11.5. The quantitative estimate of drug-likeness (QED) is 0.355. The predicted octanol–water partition coefficient (Wildman–Crippen LogP) is 5.81. The van der Waals surface area contributed by atoms with Crippen LogP contribution in [0.15, 0.2) is 30.5 Å². The van der Waals surface area contributed by atoms with Crippen molar-refractivity contribution >= 4 is 18.2 Å². The minimum Gasteiger partial charge on any atom is -0.491 e. The van der Waals surface area contributed by atoms with Gasteiger partial charge in [-0.1, -0.05) is 13.8 Å². The second-order valence-corrected chi connectivity index (χ2v) is 10.4. The predicted molar refractivity (Wildman–Crippen MR) is 131 cm³/mol. The van der Waals surface area contributed by atoms with Crippen molar-refractivity contribution in [3.63, 3.8) is 0 Å². The number of halogens is 3. The number of rotatable bonds is 7. The van der Waals surface area contributed by atoms with E-state index in [1.54, 1.807) is 27.7 Å². The number of hydrogen-bond acceptors (Lipinski definition) is 8. The number of carbonyl (C=O) groups excluding carboxylic acids is 2. The first-order chi connectivity index (χ1) is 16.9. The molecule has 204 valence electrons. The van der Waals surface area contributed by atoms with Crippen LogP contribution in [0.5, 0.6) is 5.75 Å². The van der Waals surface area contributed by atoms with Crippen LogP contribution in [0.25, 0.3) is 11.3 Å². The molecule has 2 rings (SSSR count). The Morgan fingerprint density at radius 3 is 2.32 bits per heavy atom. The zero-order valence-electron chi connectivity index (χ0n) is 22.0. The molecule has 1 aromatic heterocycles. The number of hydrogen-bond donors (Lipinski definition) is 1. The number of alkyl halides is 3. The van der Waals surface area contributed by atoms with Crippen molar-refractivity contribution in [2.75, 3.05) is 18.6 Å². The zero-order chi connectivity index (χ0) is 28.2. The highest BCUT2D eigenvalue weighted by atomic mass is 19.4. The highest BCUT2D eigenvalue weighted by molar-refractivity contribution is 5.91. The first-order valence-corrected chi connectivity index (χ1v) is 11.5. The van der Waals surface area contributed by atoms with Crippen molar-refractivity contribution in [2.45, 2.75) is 65.3 Å². The van der Waals surface area contributed by atoms with Gasteiger partial charge in [0, 0.05) is 24.3 Å². The highest BCUT2D eigenvalue weighted by Crippen LogP contribution is 2.39. The molecule has 0 aliphatic rings. The molecular formula is C25H33F3N4O5. The van der Waals surface area contributed by atoms with Gasteiger partial charge < -0.3 is 19.9 Å². The van der Waals surface area contributed by atoms with Gasteiger partial charge in [-0.2, -0.15) is 13.2 Å². The summed E-state index contributed by atoms with van der Waals surface area (Å²) in [6.45, 7) is 10.3. The molecule has 0 radical (unpaired) electrons. The van der Waals surface area contributed by atoms with Gasteiger partial charge in [0.1, 0.15) is 18.0 Å². The summed E-state index contributed by atoms with van der Waals surface area (Å²) in [4.78, 5) is 33.0. The Morgan fingerprint density at radius 2 is 1.76 bits per heavy atom. The molecule has 1 amide bonds. The lowest BCUT2D eigenvalue weighted by molar-refractivity contribution is -0.139. The van der Waals surface area contributed by atoms with Gasteiger partial charge in [-0.15, -0.1) is 0 Å². The number of aromatic nitrogens is 2. The van der Waals surface area contributed by atoms with E-state index in [4.69, 9.17) is 15.2 Å². The summed E-state index contributed by atoms with van der Waals surface area (Å²) >= 11 is 0. The summed E-state index contributed by atoms with van der Waals surface area (Å²) in [6, 6.07) is 4.89. The molecule has 2 aromatic rings. The average molecular weight is 527 g/mol. The molecule has 0 aliphatic heterocycles. The SMILES string of the molecule is CC(C)CC(C)(N)COc1ccc(-c2ccnc(N(C)C(=O)OC(=O)OC(C)(C)C)n2)cc1C(F)(F)F. The number of ether oxygens (including phenoxy) is 3. The molecule has 2 N–H and O–H groups in total. The molecule has 1 heterocycles. The molecule has 9 nitrogen and oxygen atoms in total. The maximum absolute atomic E-state index is 13.9. The van der Waals surface area contributed by atoms with E-state index < -0.39 is 35.1 Å². The number of amides is 1. The monoisotopic (exact) mass is 526 g/mol. The van der Waals surface area contributed by atoms with E-state index in [9.17, 15) is 22.8 Å². The molecule has 0 fully saturated rings. The third kappa shape index (κ3) is 9.19. The van der Waals surface area contributed by atoms with Gasteiger partial charge in [0.05, 0.1) is 11.3 Å². The van der Waals surface area contributed by atoms with Gasteiger partial charge in [-0.05, 0) is 64.3 Å². The second-order valence-electron chi connectivity index (χ2n) is 10.4. The van der Waals surface area contributed by atoms with Crippen LogP contribution in [0, 0.1) is 5.92 Å². The Balaban J connectivity index is 2.29. The van der Waals surface area contributed by atoms with Crippen molar-refractivity contribution in [2.24, 2.45) is 11.7 Å². The van der Waals surface area contributed by atoms with E-state index in [1.165, 1.54) is 31.4 Å². The summed E-state index contributed by atoms with van der Waals surface area (Å²) < 4.78 is 56.6. The van der Waals surface area contributed by atoms with Gasteiger partial charge in [0.2, 0.25) is 5.95 Å². The summed E-state index contributed by atoms with van der Waals surface area (Å²) in [5, 5.41) is 0. The van der Waals surface area contributed by atoms with Gasteiger partial charge in [0.25, 0.3) is 0 Å². The average Bonchev–Trinajstić information content (AvgIpc) is 2.74. The van der Waals surface area contributed by atoms with Crippen LogP contribution < -0.4 is 15.4 Å². The maximum Gasteiger partial charge on any atom is 0.517 e. The zero-order valence-corrected chi connectivity index (χ0v) is 22.0. The van der Waals surface area contributed by atoms with Crippen molar-refractivity contribution < 1.29 is 37.0 Å². The molecule has 0 saturated carbocycles. The fraction of sp³-hybridized carbons (Fsp3) is 0.520. The third-order valence-electron chi connectivity index (χ3n) is 4.79. The lowest BCUT2D eigenvalue weighted by atomic mass is 9.93. The van der Waals surface area contributed by atoms with Crippen LogP contribution in [0.3, 0.4) is 0 Å². The Bertz CT molecular complexity index is 1110. The Labute approximate surface area is 214 Å². The van der Waals surface area contributed by atoms with E-state index in [1.807, 2.05) is 13.8 Å². The molecule has 37 heavy (non-hydrogen) atoms. The van der Waals surface area contributed by atoms with E-state index in [2.05, 4.69) is 14.7 Å². The van der Waals surface area contributed by atoms with Gasteiger partial charge in [-0.3, -0.25) is 0 Å². The van der Waals surface area contributed by atoms with Gasteiger partial charge in [0.15, 0.2) is 0 Å². The fourth-order valence-corrected chi connectivity index (χ4v) is 3.43. The highest BCUT2D eigenvalue weighted by Gasteiger charge is 2.35. The molecular weight excluding hydrogens is 493 g/mol. The largest absolute Gasteiger partial charge is 0.517 e. The molecule has 1 aromatic carbocycles. The number of nitrogens with zero attached hydrogens (tertiary/aromatic N) is 3. The van der Waals surface area contributed by atoms with Crippen molar-refractivity contribution in [3.8, 4) is 17.0 Å². The molecule has 0 spiro atoms. The molecule has 1 unspecified atom stereocenters. The molecule has 0 aliphatic carbocycles. The summed E-state index contributed by atoms with van der Waals surface area (Å²) in [7, 11) is 1.24. The third-order valence-corrected chi connectivity index (χ3v) is 4.79.